The molecule has 0 bridgehead atoms. The van der Waals surface area contributed by atoms with Crippen LogP contribution in [0.25, 0.3) is 0 Å². The van der Waals surface area contributed by atoms with Crippen LogP contribution in [-0.4, -0.2) is 49.4 Å². The van der Waals surface area contributed by atoms with Crippen molar-refractivity contribution in [1.29, 1.82) is 0 Å². The molecular weight excluding hydrogens is 402 g/mol. The Hall–Kier alpha value is -2.71. The van der Waals surface area contributed by atoms with Crippen molar-refractivity contribution in [2.75, 3.05) is 24.2 Å². The van der Waals surface area contributed by atoms with Gasteiger partial charge in [0.25, 0.3) is 0 Å². The van der Waals surface area contributed by atoms with E-state index in [1.165, 1.54) is 4.90 Å². The monoisotopic (exact) mass is 429 g/mol. The van der Waals surface area contributed by atoms with Crippen molar-refractivity contribution in [3.05, 3.63) is 65.2 Å². The minimum Gasteiger partial charge on any atom is -0.350 e. The average molecular weight is 430 g/mol. The highest BCUT2D eigenvalue weighted by Gasteiger charge is 2.50. The van der Waals surface area contributed by atoms with Crippen LogP contribution in [-0.2, 0) is 26.2 Å². The maximum absolute atomic E-state index is 13.4. The number of hydrogen-bond acceptors (Lipinski definition) is 4. The van der Waals surface area contributed by atoms with Crippen LogP contribution >= 0.6 is 0 Å². The summed E-state index contributed by atoms with van der Waals surface area (Å²) in [6.45, 7) is 5.26. The van der Waals surface area contributed by atoms with Crippen LogP contribution in [0.4, 0.5) is 5.69 Å². The average Bonchev–Trinajstić information content (AvgIpc) is 2.68. The van der Waals surface area contributed by atoms with E-state index >= 15 is 0 Å². The molecule has 30 heavy (non-hydrogen) atoms. The van der Waals surface area contributed by atoms with Gasteiger partial charge in [0.1, 0.15) is 5.54 Å². The molecule has 0 saturated carbocycles. The topological polar surface area (TPSA) is 86.8 Å². The van der Waals surface area contributed by atoms with Crippen LogP contribution in [0.1, 0.15) is 23.6 Å². The van der Waals surface area contributed by atoms with Gasteiger partial charge < -0.3 is 5.32 Å². The van der Waals surface area contributed by atoms with E-state index in [0.717, 1.165) is 27.3 Å². The number of piperazine rings is 1. The van der Waals surface area contributed by atoms with E-state index in [9.17, 15) is 18.0 Å². The first kappa shape index (κ1) is 22.0. The third kappa shape index (κ3) is 4.39. The van der Waals surface area contributed by atoms with Gasteiger partial charge in [-0.25, -0.2) is 8.42 Å². The predicted molar refractivity (Wildman–Crippen MR) is 117 cm³/mol. The van der Waals surface area contributed by atoms with Crippen LogP contribution in [0.3, 0.4) is 0 Å². The Morgan fingerprint density at radius 3 is 2.43 bits per heavy atom. The first-order valence-corrected chi connectivity index (χ1v) is 11.5. The minimum absolute atomic E-state index is 0.119. The van der Waals surface area contributed by atoms with E-state index in [-0.39, 0.29) is 19.6 Å². The number of hydrogen-bond donors (Lipinski definition) is 1. The summed E-state index contributed by atoms with van der Waals surface area (Å²) in [5, 5.41) is 2.88. The highest BCUT2D eigenvalue weighted by Crippen LogP contribution is 2.33. The Bertz CT molecular complexity index is 1070. The number of carbonyl (C=O) groups excluding carboxylic acids is 2. The number of amides is 2. The van der Waals surface area contributed by atoms with Gasteiger partial charge in [-0.15, -0.1) is 0 Å². The molecule has 3 rings (SSSR count). The maximum atomic E-state index is 13.4. The largest absolute Gasteiger partial charge is 0.350 e. The van der Waals surface area contributed by atoms with Gasteiger partial charge in [0.15, 0.2) is 0 Å². The van der Waals surface area contributed by atoms with Gasteiger partial charge in [-0.1, -0.05) is 42.5 Å². The summed E-state index contributed by atoms with van der Waals surface area (Å²) in [6, 6.07) is 15.1. The lowest BCUT2D eigenvalue weighted by Gasteiger charge is -2.47. The molecule has 1 saturated heterocycles. The molecular formula is C22H27N3O4S. The fourth-order valence-corrected chi connectivity index (χ4v) is 4.53. The molecule has 0 aliphatic carbocycles. The third-order valence-corrected chi connectivity index (χ3v) is 6.59. The Kier molecular flexibility index (Phi) is 6.01. The number of anilines is 1. The van der Waals surface area contributed by atoms with Crippen LogP contribution in [0.15, 0.2) is 48.5 Å². The molecule has 0 unspecified atom stereocenters. The van der Waals surface area contributed by atoms with Crippen molar-refractivity contribution >= 4 is 27.5 Å². The summed E-state index contributed by atoms with van der Waals surface area (Å²) in [6.07, 6.45) is 1.05. The number of rotatable bonds is 5. The Labute approximate surface area is 177 Å². The summed E-state index contributed by atoms with van der Waals surface area (Å²) in [4.78, 5) is 28.0. The van der Waals surface area contributed by atoms with E-state index < -0.39 is 27.4 Å². The Morgan fingerprint density at radius 1 is 1.13 bits per heavy atom. The Balaban J connectivity index is 2.01. The van der Waals surface area contributed by atoms with Gasteiger partial charge in [-0.3, -0.25) is 14.5 Å². The standard InChI is InChI=1S/C22H27N3O4S/c1-16-10-11-17(2)19(12-16)25-20(26)14-24(30(4,28)29)15-22(25,3)21(27)23-13-18-8-6-5-7-9-18/h5-12H,13-15H2,1-4H3,(H,23,27)/t22-/m0/s1. The highest BCUT2D eigenvalue weighted by molar-refractivity contribution is 7.88. The van der Waals surface area contributed by atoms with Crippen molar-refractivity contribution in [2.45, 2.75) is 32.9 Å². The lowest BCUT2D eigenvalue weighted by atomic mass is 9.93. The second-order valence-electron chi connectivity index (χ2n) is 7.99. The van der Waals surface area contributed by atoms with Gasteiger partial charge in [-0.05, 0) is 43.5 Å². The van der Waals surface area contributed by atoms with Gasteiger partial charge >= 0.3 is 0 Å². The molecule has 0 spiro atoms. The molecule has 2 amide bonds. The number of nitrogens with zero attached hydrogens (tertiary/aromatic N) is 2. The van der Waals surface area contributed by atoms with E-state index in [1.807, 2.05) is 62.4 Å². The van der Waals surface area contributed by atoms with E-state index in [2.05, 4.69) is 5.32 Å². The zero-order chi connectivity index (χ0) is 22.1. The van der Waals surface area contributed by atoms with E-state index in [0.29, 0.717) is 5.69 Å². The first-order valence-electron chi connectivity index (χ1n) is 9.70. The molecule has 160 valence electrons. The maximum Gasteiger partial charge on any atom is 0.247 e. The molecule has 0 radical (unpaired) electrons. The number of sulfonamides is 1. The summed E-state index contributed by atoms with van der Waals surface area (Å²) >= 11 is 0. The minimum atomic E-state index is -3.65. The smallest absolute Gasteiger partial charge is 0.247 e. The van der Waals surface area contributed by atoms with Crippen molar-refractivity contribution in [1.82, 2.24) is 9.62 Å². The van der Waals surface area contributed by atoms with Crippen molar-refractivity contribution in [2.24, 2.45) is 0 Å². The zero-order valence-corrected chi connectivity index (χ0v) is 18.5. The van der Waals surface area contributed by atoms with E-state index in [4.69, 9.17) is 0 Å². The molecule has 8 heteroatoms. The lowest BCUT2D eigenvalue weighted by Crippen LogP contribution is -2.70. The van der Waals surface area contributed by atoms with Crippen LogP contribution in [0, 0.1) is 13.8 Å². The lowest BCUT2D eigenvalue weighted by molar-refractivity contribution is -0.133. The number of aryl methyl sites for hydroxylation is 2. The Morgan fingerprint density at radius 2 is 1.80 bits per heavy atom. The predicted octanol–water partition coefficient (Wildman–Crippen LogP) is 1.99. The van der Waals surface area contributed by atoms with E-state index in [1.54, 1.807) is 6.92 Å². The SMILES string of the molecule is Cc1ccc(C)c(N2C(=O)CN(S(C)(=O)=O)C[C@@]2(C)C(=O)NCc2ccccc2)c1. The molecule has 1 N–H and O–H groups in total. The van der Waals surface area contributed by atoms with Gasteiger partial charge in [0.2, 0.25) is 21.8 Å². The fraction of sp³-hybridized carbons (Fsp3) is 0.364. The summed E-state index contributed by atoms with van der Waals surface area (Å²) in [5.41, 5.74) is 1.91. The normalized spacial score (nSPS) is 20.3. The molecule has 1 aliphatic rings. The number of nitrogens with one attached hydrogen (secondary N) is 1. The number of benzene rings is 2. The second kappa shape index (κ2) is 8.20. The van der Waals surface area contributed by atoms with Gasteiger partial charge in [0, 0.05) is 18.8 Å². The first-order chi connectivity index (χ1) is 14.0. The van der Waals surface area contributed by atoms with Crippen molar-refractivity contribution in [3.8, 4) is 0 Å². The molecule has 7 nitrogen and oxygen atoms in total. The summed E-state index contributed by atoms with van der Waals surface area (Å²) in [5.74, 6) is -0.841. The molecule has 1 fully saturated rings. The van der Waals surface area contributed by atoms with Crippen LogP contribution < -0.4 is 10.2 Å². The highest BCUT2D eigenvalue weighted by atomic mass is 32.2. The van der Waals surface area contributed by atoms with Crippen molar-refractivity contribution < 1.29 is 18.0 Å². The molecule has 2 aromatic rings. The zero-order valence-electron chi connectivity index (χ0n) is 17.7. The van der Waals surface area contributed by atoms with Crippen molar-refractivity contribution in [3.63, 3.8) is 0 Å². The van der Waals surface area contributed by atoms with Crippen LogP contribution in [0.5, 0.6) is 0 Å². The summed E-state index contributed by atoms with van der Waals surface area (Å²) < 4.78 is 25.5. The molecule has 1 atom stereocenters. The van der Waals surface area contributed by atoms with Gasteiger partial charge in [0.05, 0.1) is 12.8 Å². The summed E-state index contributed by atoms with van der Waals surface area (Å²) in [7, 11) is -3.65. The quantitative estimate of drug-likeness (QED) is 0.788. The van der Waals surface area contributed by atoms with Crippen LogP contribution in [0.2, 0.25) is 0 Å². The molecule has 1 aliphatic heterocycles. The molecule has 1 heterocycles. The third-order valence-electron chi connectivity index (χ3n) is 5.40. The number of carbonyl (C=O) groups is 2. The molecule has 0 aromatic heterocycles. The van der Waals surface area contributed by atoms with Gasteiger partial charge in [-0.2, -0.15) is 4.31 Å². The fourth-order valence-electron chi connectivity index (χ4n) is 3.70. The second-order valence-corrected chi connectivity index (χ2v) is 9.97. The molecule has 2 aromatic carbocycles.